The molecule has 1 spiro atoms. The number of hydrogen-bond acceptors (Lipinski definition) is 6. The topological polar surface area (TPSA) is 97.8 Å². The smallest absolute Gasteiger partial charge is 0.355 e. The number of Topliss-reactive ketones (excluding diaryl/α,β-unsaturated/α-hetero) is 1. The normalized spacial score (nSPS) is 40.8. The molecule has 5 rings (SSSR count). The maximum absolute atomic E-state index is 14.7. The van der Waals surface area contributed by atoms with Crippen molar-refractivity contribution >= 4 is 11.8 Å². The third-order valence-corrected chi connectivity index (χ3v) is 9.56. The summed E-state index contributed by atoms with van der Waals surface area (Å²) in [4.78, 5) is 30.9. The van der Waals surface area contributed by atoms with Crippen molar-refractivity contribution in [2.24, 2.45) is 28.6 Å². The molecule has 0 unspecified atom stereocenters. The number of hydrogen-bond donors (Lipinski definition) is 2. The van der Waals surface area contributed by atoms with E-state index in [0.717, 1.165) is 17.6 Å². The highest BCUT2D eigenvalue weighted by atomic mass is 16.7. The maximum atomic E-state index is 14.7. The van der Waals surface area contributed by atoms with Gasteiger partial charge in [0.05, 0.1) is 12.0 Å². The van der Waals surface area contributed by atoms with E-state index in [9.17, 15) is 14.7 Å². The Bertz CT molecular complexity index is 1170. The standard InChI is InChI=1S/C29H39NO6/c1-15-9-21(30-13-15)25(32)35-23-16(2)12-28-18(4)10-17(3)26(5,6)20(22(28)31)11-19-14-34-27(7,8)36-24(19)29(23,28)33/h9,11-13,17-18,20,23-24,30,33H,10,14H2,1-8H3/t17-,18+,20+,23-,24+,28-,29+/m0/s1. The van der Waals surface area contributed by atoms with E-state index in [0.29, 0.717) is 11.3 Å². The van der Waals surface area contributed by atoms with Crippen LogP contribution in [0.4, 0.5) is 0 Å². The first-order chi connectivity index (χ1) is 16.6. The molecule has 0 radical (unpaired) electrons. The zero-order valence-corrected chi connectivity index (χ0v) is 22.6. The van der Waals surface area contributed by atoms with Crippen molar-refractivity contribution in [3.05, 3.63) is 46.8 Å². The molecule has 36 heavy (non-hydrogen) atoms. The Morgan fingerprint density at radius 1 is 1.17 bits per heavy atom. The molecule has 2 heterocycles. The molecule has 7 atom stereocenters. The molecule has 2 N–H and O–H groups in total. The van der Waals surface area contributed by atoms with E-state index in [1.807, 2.05) is 32.9 Å². The summed E-state index contributed by atoms with van der Waals surface area (Å²) in [6.07, 6.45) is 4.41. The minimum atomic E-state index is -1.83. The summed E-state index contributed by atoms with van der Waals surface area (Å²) < 4.78 is 18.5. The number of aromatic nitrogens is 1. The molecule has 2 fully saturated rings. The molecule has 1 saturated carbocycles. The molecule has 7 nitrogen and oxygen atoms in total. The molecule has 1 saturated heterocycles. The highest BCUT2D eigenvalue weighted by Gasteiger charge is 2.74. The Kier molecular flexibility index (Phi) is 5.57. The van der Waals surface area contributed by atoms with Crippen LogP contribution in [0.15, 0.2) is 35.6 Å². The van der Waals surface area contributed by atoms with Gasteiger partial charge in [0, 0.05) is 12.1 Å². The molecule has 0 amide bonds. The number of aryl methyl sites for hydroxylation is 1. The van der Waals surface area contributed by atoms with Crippen LogP contribution in [0.25, 0.3) is 0 Å². The number of ether oxygens (including phenoxy) is 3. The minimum Gasteiger partial charge on any atom is -0.450 e. The largest absolute Gasteiger partial charge is 0.450 e. The SMILES string of the molecule is CC1=C[C@]23C(=O)[C@@H](C=C4COC(C)(C)O[C@H]4[C@]2(O)[C@H]1OC(=O)c1cc(C)c[nH]1)C(C)(C)[C@@H](C)C[C@H]3C. The fourth-order valence-electron chi connectivity index (χ4n) is 7.15. The lowest BCUT2D eigenvalue weighted by Crippen LogP contribution is -2.68. The Morgan fingerprint density at radius 2 is 1.86 bits per heavy atom. The first kappa shape index (κ1) is 25.4. The number of H-pyrrole nitrogens is 1. The zero-order chi connectivity index (χ0) is 26.4. The van der Waals surface area contributed by atoms with E-state index >= 15 is 0 Å². The molecular weight excluding hydrogens is 458 g/mol. The second-order valence-corrected chi connectivity index (χ2v) is 12.6. The van der Waals surface area contributed by atoms with Crippen LogP contribution < -0.4 is 0 Å². The van der Waals surface area contributed by atoms with Crippen LogP contribution in [0.2, 0.25) is 0 Å². The number of aromatic amines is 1. The van der Waals surface area contributed by atoms with Crippen LogP contribution in [-0.2, 0) is 19.0 Å². The fourth-order valence-corrected chi connectivity index (χ4v) is 7.15. The van der Waals surface area contributed by atoms with Crippen LogP contribution in [-0.4, -0.2) is 52.0 Å². The average Bonchev–Trinajstić information content (AvgIpc) is 3.29. The van der Waals surface area contributed by atoms with Crippen molar-refractivity contribution < 1.29 is 28.9 Å². The van der Waals surface area contributed by atoms with Gasteiger partial charge in [0.1, 0.15) is 11.8 Å². The second kappa shape index (κ2) is 7.89. The third-order valence-electron chi connectivity index (χ3n) is 9.56. The monoisotopic (exact) mass is 497 g/mol. The summed E-state index contributed by atoms with van der Waals surface area (Å²) >= 11 is 0. The van der Waals surface area contributed by atoms with Gasteiger partial charge in [-0.25, -0.2) is 4.79 Å². The second-order valence-electron chi connectivity index (χ2n) is 12.6. The van der Waals surface area contributed by atoms with Gasteiger partial charge in [-0.05, 0) is 74.1 Å². The van der Waals surface area contributed by atoms with Gasteiger partial charge in [-0.2, -0.15) is 0 Å². The maximum Gasteiger partial charge on any atom is 0.355 e. The molecule has 3 aliphatic carbocycles. The summed E-state index contributed by atoms with van der Waals surface area (Å²) in [5, 5.41) is 13.0. The average molecular weight is 498 g/mol. The summed E-state index contributed by atoms with van der Waals surface area (Å²) in [5.41, 5.74) is -0.862. The minimum absolute atomic E-state index is 0.0382. The summed E-state index contributed by atoms with van der Waals surface area (Å²) in [6, 6.07) is 1.71. The zero-order valence-electron chi connectivity index (χ0n) is 22.6. The predicted molar refractivity (Wildman–Crippen MR) is 134 cm³/mol. The number of nitrogens with one attached hydrogen (secondary N) is 1. The van der Waals surface area contributed by atoms with Crippen molar-refractivity contribution in [2.45, 2.75) is 85.4 Å². The lowest BCUT2D eigenvalue weighted by molar-refractivity contribution is -0.302. The molecule has 1 aromatic rings. The number of esters is 1. The van der Waals surface area contributed by atoms with E-state index < -0.39 is 40.9 Å². The Morgan fingerprint density at radius 3 is 2.50 bits per heavy atom. The Labute approximate surface area is 213 Å². The number of carbonyl (C=O) groups excluding carboxylic acids is 2. The van der Waals surface area contributed by atoms with Crippen LogP contribution >= 0.6 is 0 Å². The summed E-state index contributed by atoms with van der Waals surface area (Å²) in [6.45, 7) is 16.0. The first-order valence-corrected chi connectivity index (χ1v) is 13.0. The van der Waals surface area contributed by atoms with Crippen LogP contribution in [0.5, 0.6) is 0 Å². The van der Waals surface area contributed by atoms with E-state index in [1.54, 1.807) is 26.1 Å². The van der Waals surface area contributed by atoms with Crippen molar-refractivity contribution in [2.75, 3.05) is 6.61 Å². The van der Waals surface area contributed by atoms with Gasteiger partial charge in [0.2, 0.25) is 0 Å². The number of carbonyl (C=O) groups is 2. The van der Waals surface area contributed by atoms with Gasteiger partial charge in [0.25, 0.3) is 0 Å². The lowest BCUT2D eigenvalue weighted by Gasteiger charge is -2.52. The van der Waals surface area contributed by atoms with Gasteiger partial charge < -0.3 is 24.3 Å². The quantitative estimate of drug-likeness (QED) is 0.461. The number of allylic oxidation sites excluding steroid dienone is 1. The Hall–Kier alpha value is -2.22. The van der Waals surface area contributed by atoms with E-state index in [1.165, 1.54) is 0 Å². The van der Waals surface area contributed by atoms with Gasteiger partial charge >= 0.3 is 5.97 Å². The van der Waals surface area contributed by atoms with E-state index in [-0.39, 0.29) is 29.6 Å². The lowest BCUT2D eigenvalue weighted by atomic mass is 9.59. The molecule has 1 aliphatic heterocycles. The van der Waals surface area contributed by atoms with Gasteiger partial charge in [0.15, 0.2) is 23.3 Å². The number of aliphatic hydroxyl groups is 1. The van der Waals surface area contributed by atoms with Crippen molar-refractivity contribution in [3.8, 4) is 0 Å². The van der Waals surface area contributed by atoms with Crippen molar-refractivity contribution in [1.82, 2.24) is 4.98 Å². The van der Waals surface area contributed by atoms with E-state index in [2.05, 4.69) is 25.8 Å². The molecule has 1 aromatic heterocycles. The highest BCUT2D eigenvalue weighted by Crippen LogP contribution is 2.63. The predicted octanol–water partition coefficient (Wildman–Crippen LogP) is 4.50. The number of ketones is 1. The third kappa shape index (κ3) is 3.28. The van der Waals surface area contributed by atoms with E-state index in [4.69, 9.17) is 14.2 Å². The van der Waals surface area contributed by atoms with Crippen LogP contribution in [0.1, 0.15) is 70.9 Å². The van der Waals surface area contributed by atoms with Crippen LogP contribution in [0.3, 0.4) is 0 Å². The molecule has 7 heteroatoms. The number of fused-ring (bicyclic) bond motifs is 3. The van der Waals surface area contributed by atoms with Crippen molar-refractivity contribution in [1.29, 1.82) is 0 Å². The molecule has 2 bridgehead atoms. The van der Waals surface area contributed by atoms with Crippen molar-refractivity contribution in [3.63, 3.8) is 0 Å². The highest BCUT2D eigenvalue weighted by molar-refractivity contribution is 5.95. The molecule has 0 aromatic carbocycles. The van der Waals surface area contributed by atoms with Gasteiger partial charge in [-0.15, -0.1) is 0 Å². The summed E-state index contributed by atoms with van der Waals surface area (Å²) in [5.74, 6) is -2.03. The molecular formula is C29H39NO6. The Balaban J connectivity index is 1.72. The van der Waals surface area contributed by atoms with Gasteiger partial charge in [-0.1, -0.05) is 39.8 Å². The number of rotatable bonds is 2. The first-order valence-electron chi connectivity index (χ1n) is 13.0. The van der Waals surface area contributed by atoms with Crippen LogP contribution in [0, 0.1) is 35.5 Å². The molecule has 4 aliphatic rings. The van der Waals surface area contributed by atoms with Gasteiger partial charge in [-0.3, -0.25) is 4.79 Å². The fraction of sp³-hybridized carbons (Fsp3) is 0.655. The summed E-state index contributed by atoms with van der Waals surface area (Å²) in [7, 11) is 0. The molecule has 196 valence electrons.